The van der Waals surface area contributed by atoms with E-state index in [1.54, 1.807) is 12.2 Å². The fourth-order valence-corrected chi connectivity index (χ4v) is 1.60. The molecule has 14 heavy (non-hydrogen) atoms. The summed E-state index contributed by atoms with van der Waals surface area (Å²) in [5, 5.41) is 0. The van der Waals surface area contributed by atoms with Gasteiger partial charge in [0.1, 0.15) is 0 Å². The van der Waals surface area contributed by atoms with Crippen molar-refractivity contribution in [2.24, 2.45) is 5.92 Å². The highest BCUT2D eigenvalue weighted by Gasteiger charge is 2.14. The molecule has 0 saturated carbocycles. The minimum atomic E-state index is 0.0300. The molecule has 1 aromatic rings. The predicted octanol–water partition coefficient (Wildman–Crippen LogP) is 2.54. The highest BCUT2D eigenvalue weighted by molar-refractivity contribution is 5.94. The van der Waals surface area contributed by atoms with Crippen LogP contribution in [0.1, 0.15) is 5.56 Å². The first-order valence-electron chi connectivity index (χ1n) is 4.79. The molecular formula is C13H12O. The van der Waals surface area contributed by atoms with Crippen LogP contribution in [-0.4, -0.2) is 5.78 Å². The van der Waals surface area contributed by atoms with E-state index in [0.29, 0.717) is 0 Å². The highest BCUT2D eigenvalue weighted by Crippen LogP contribution is 2.14. The molecule has 1 aliphatic rings. The maximum Gasteiger partial charge on any atom is 0.162 e. The SMILES string of the molecule is O=C1C=CC=CC1Cc1ccccc1. The topological polar surface area (TPSA) is 17.1 Å². The minimum Gasteiger partial charge on any atom is -0.294 e. The lowest BCUT2D eigenvalue weighted by Gasteiger charge is -2.11. The van der Waals surface area contributed by atoms with Gasteiger partial charge in [-0.2, -0.15) is 0 Å². The van der Waals surface area contributed by atoms with Crippen molar-refractivity contribution in [2.75, 3.05) is 0 Å². The Balaban J connectivity index is 2.09. The summed E-state index contributed by atoms with van der Waals surface area (Å²) >= 11 is 0. The Morgan fingerprint density at radius 1 is 1.07 bits per heavy atom. The van der Waals surface area contributed by atoms with Crippen molar-refractivity contribution >= 4 is 5.78 Å². The van der Waals surface area contributed by atoms with Crippen LogP contribution >= 0.6 is 0 Å². The van der Waals surface area contributed by atoms with E-state index in [2.05, 4.69) is 12.1 Å². The van der Waals surface area contributed by atoms with Crippen LogP contribution < -0.4 is 0 Å². The quantitative estimate of drug-likeness (QED) is 0.690. The third-order valence-electron chi connectivity index (χ3n) is 2.38. The van der Waals surface area contributed by atoms with Crippen LogP contribution in [0.25, 0.3) is 0 Å². The van der Waals surface area contributed by atoms with Gasteiger partial charge in [0.05, 0.1) is 0 Å². The van der Waals surface area contributed by atoms with Crippen molar-refractivity contribution in [3.05, 3.63) is 60.2 Å². The zero-order valence-electron chi connectivity index (χ0n) is 7.89. The fourth-order valence-electron chi connectivity index (χ4n) is 1.60. The van der Waals surface area contributed by atoms with E-state index in [-0.39, 0.29) is 11.7 Å². The molecule has 1 unspecified atom stereocenters. The van der Waals surface area contributed by atoms with Crippen LogP contribution in [0.15, 0.2) is 54.6 Å². The molecule has 0 amide bonds. The third-order valence-corrected chi connectivity index (χ3v) is 2.38. The van der Waals surface area contributed by atoms with Gasteiger partial charge in [0.15, 0.2) is 5.78 Å². The maximum absolute atomic E-state index is 11.5. The van der Waals surface area contributed by atoms with Crippen molar-refractivity contribution in [3.63, 3.8) is 0 Å². The number of carbonyl (C=O) groups excluding carboxylic acids is 1. The second kappa shape index (κ2) is 4.05. The molecule has 1 atom stereocenters. The molecule has 2 rings (SSSR count). The van der Waals surface area contributed by atoms with Gasteiger partial charge >= 0.3 is 0 Å². The fraction of sp³-hybridized carbons (Fsp3) is 0.154. The van der Waals surface area contributed by atoms with Gasteiger partial charge in [0, 0.05) is 5.92 Å². The van der Waals surface area contributed by atoms with E-state index >= 15 is 0 Å². The van der Waals surface area contributed by atoms with Gasteiger partial charge in [-0.05, 0) is 18.1 Å². The van der Waals surface area contributed by atoms with Crippen LogP contribution in [0.2, 0.25) is 0 Å². The second-order valence-corrected chi connectivity index (χ2v) is 3.44. The largest absolute Gasteiger partial charge is 0.294 e. The van der Waals surface area contributed by atoms with Gasteiger partial charge in [-0.15, -0.1) is 0 Å². The summed E-state index contributed by atoms with van der Waals surface area (Å²) in [5.41, 5.74) is 1.21. The van der Waals surface area contributed by atoms with E-state index in [4.69, 9.17) is 0 Å². The van der Waals surface area contributed by atoms with Crippen molar-refractivity contribution in [3.8, 4) is 0 Å². The summed E-state index contributed by atoms with van der Waals surface area (Å²) in [6.45, 7) is 0. The lowest BCUT2D eigenvalue weighted by atomic mass is 9.92. The molecule has 1 nitrogen and oxygen atoms in total. The third kappa shape index (κ3) is 1.99. The number of hydrogen-bond acceptors (Lipinski definition) is 1. The summed E-state index contributed by atoms with van der Waals surface area (Å²) in [6, 6.07) is 10.1. The molecule has 0 saturated heterocycles. The van der Waals surface area contributed by atoms with Gasteiger partial charge in [-0.1, -0.05) is 48.6 Å². The lowest BCUT2D eigenvalue weighted by Crippen LogP contribution is -2.14. The summed E-state index contributed by atoms with van der Waals surface area (Å²) in [6.07, 6.45) is 8.16. The average Bonchev–Trinajstić information content (AvgIpc) is 2.23. The monoisotopic (exact) mass is 184 g/mol. The Kier molecular flexibility index (Phi) is 2.59. The molecule has 1 aliphatic carbocycles. The molecule has 0 aromatic heterocycles. The molecule has 70 valence electrons. The van der Waals surface area contributed by atoms with E-state index in [9.17, 15) is 4.79 Å². The maximum atomic E-state index is 11.5. The first kappa shape index (κ1) is 8.95. The Hall–Kier alpha value is -1.63. The van der Waals surface area contributed by atoms with Crippen molar-refractivity contribution in [2.45, 2.75) is 6.42 Å². The van der Waals surface area contributed by atoms with E-state index < -0.39 is 0 Å². The van der Waals surface area contributed by atoms with E-state index in [1.165, 1.54) is 5.56 Å². The molecule has 1 aromatic carbocycles. The molecule has 0 heterocycles. The number of hydrogen-bond donors (Lipinski definition) is 0. The average molecular weight is 184 g/mol. The number of rotatable bonds is 2. The lowest BCUT2D eigenvalue weighted by molar-refractivity contribution is -0.117. The number of carbonyl (C=O) groups is 1. The summed E-state index contributed by atoms with van der Waals surface area (Å²) in [4.78, 5) is 11.5. The number of benzene rings is 1. The predicted molar refractivity (Wildman–Crippen MR) is 56.9 cm³/mol. The smallest absolute Gasteiger partial charge is 0.162 e. The number of ketones is 1. The Bertz CT molecular complexity index is 373. The Morgan fingerprint density at radius 3 is 2.57 bits per heavy atom. The standard InChI is InChI=1S/C13H12O/c14-13-9-5-4-8-12(13)10-11-6-2-1-3-7-11/h1-9,12H,10H2. The van der Waals surface area contributed by atoms with Crippen LogP contribution in [0.3, 0.4) is 0 Å². The Morgan fingerprint density at radius 2 is 1.86 bits per heavy atom. The van der Waals surface area contributed by atoms with Gasteiger partial charge in [-0.3, -0.25) is 4.79 Å². The second-order valence-electron chi connectivity index (χ2n) is 3.44. The van der Waals surface area contributed by atoms with Crippen LogP contribution in [0.5, 0.6) is 0 Å². The van der Waals surface area contributed by atoms with E-state index in [1.807, 2.05) is 30.4 Å². The Labute approximate surface area is 83.8 Å². The van der Waals surface area contributed by atoms with Crippen molar-refractivity contribution in [1.82, 2.24) is 0 Å². The zero-order valence-corrected chi connectivity index (χ0v) is 7.89. The molecular weight excluding hydrogens is 172 g/mol. The first-order chi connectivity index (χ1) is 6.86. The van der Waals surface area contributed by atoms with Crippen molar-refractivity contribution < 1.29 is 4.79 Å². The van der Waals surface area contributed by atoms with Crippen LogP contribution in [0, 0.1) is 5.92 Å². The molecule has 0 aliphatic heterocycles. The van der Waals surface area contributed by atoms with Crippen LogP contribution in [-0.2, 0) is 11.2 Å². The van der Waals surface area contributed by atoms with Gasteiger partial charge in [0.2, 0.25) is 0 Å². The zero-order chi connectivity index (χ0) is 9.80. The molecule has 0 radical (unpaired) electrons. The summed E-state index contributed by atoms with van der Waals surface area (Å²) < 4.78 is 0. The summed E-state index contributed by atoms with van der Waals surface area (Å²) in [5.74, 6) is 0.235. The minimum absolute atomic E-state index is 0.0300. The molecule has 1 heteroatoms. The normalized spacial score (nSPS) is 20.0. The molecule has 0 fully saturated rings. The van der Waals surface area contributed by atoms with Gasteiger partial charge in [-0.25, -0.2) is 0 Å². The summed E-state index contributed by atoms with van der Waals surface area (Å²) in [7, 11) is 0. The van der Waals surface area contributed by atoms with E-state index in [0.717, 1.165) is 6.42 Å². The number of allylic oxidation sites excluding steroid dienone is 4. The van der Waals surface area contributed by atoms with Gasteiger partial charge in [0.25, 0.3) is 0 Å². The van der Waals surface area contributed by atoms with Gasteiger partial charge < -0.3 is 0 Å². The highest BCUT2D eigenvalue weighted by atomic mass is 16.1. The van der Waals surface area contributed by atoms with Crippen molar-refractivity contribution in [1.29, 1.82) is 0 Å². The van der Waals surface area contributed by atoms with Crippen LogP contribution in [0.4, 0.5) is 0 Å². The first-order valence-corrected chi connectivity index (χ1v) is 4.79. The molecule has 0 N–H and O–H groups in total. The molecule has 0 bridgehead atoms. The molecule has 0 spiro atoms.